The molecule has 300 valence electrons. The van der Waals surface area contributed by atoms with E-state index in [4.69, 9.17) is 9.84 Å². The molecular formula is C48H84O4. The lowest BCUT2D eigenvalue weighted by Gasteiger charge is -2.18. The first-order valence-electron chi connectivity index (χ1n) is 22.3. The maximum atomic E-state index is 12.8. The second-order valence-electron chi connectivity index (χ2n) is 14.9. The number of hydrogen-bond acceptors (Lipinski definition) is 3. The largest absolute Gasteiger partial charge is 0.481 e. The summed E-state index contributed by atoms with van der Waals surface area (Å²) in [4.78, 5) is 23.4. The Labute approximate surface area is 323 Å². The summed E-state index contributed by atoms with van der Waals surface area (Å²) >= 11 is 0. The fourth-order valence-electron chi connectivity index (χ4n) is 6.51. The highest BCUT2D eigenvalue weighted by Crippen LogP contribution is 2.19. The van der Waals surface area contributed by atoms with Crippen molar-refractivity contribution in [2.24, 2.45) is 0 Å². The molecule has 1 N–H and O–H groups in total. The van der Waals surface area contributed by atoms with E-state index in [1.165, 1.54) is 109 Å². The third-order valence-corrected chi connectivity index (χ3v) is 9.75. The van der Waals surface area contributed by atoms with Crippen molar-refractivity contribution >= 4 is 11.9 Å². The smallest absolute Gasteiger partial charge is 0.306 e. The number of aliphatic carboxylic acids is 1. The molecule has 4 nitrogen and oxygen atoms in total. The lowest BCUT2D eigenvalue weighted by Crippen LogP contribution is -2.18. The number of unbranched alkanes of at least 4 members (excludes halogenated alkanes) is 21. The van der Waals surface area contributed by atoms with Gasteiger partial charge in [0.15, 0.2) is 0 Å². The summed E-state index contributed by atoms with van der Waals surface area (Å²) < 4.78 is 6.06. The van der Waals surface area contributed by atoms with Gasteiger partial charge in [0.05, 0.1) is 0 Å². The van der Waals surface area contributed by atoms with E-state index >= 15 is 0 Å². The first-order valence-corrected chi connectivity index (χ1v) is 22.3. The molecular weight excluding hydrogens is 641 g/mol. The number of rotatable bonds is 40. The van der Waals surface area contributed by atoms with Crippen LogP contribution in [0.1, 0.15) is 226 Å². The average Bonchev–Trinajstić information content (AvgIpc) is 3.13. The van der Waals surface area contributed by atoms with Crippen molar-refractivity contribution in [2.75, 3.05) is 0 Å². The number of carboxylic acids is 1. The van der Waals surface area contributed by atoms with Gasteiger partial charge in [-0.2, -0.15) is 0 Å². The molecule has 0 spiro atoms. The maximum Gasteiger partial charge on any atom is 0.306 e. The van der Waals surface area contributed by atoms with Gasteiger partial charge in [0.1, 0.15) is 6.10 Å². The molecule has 0 rings (SSSR count). The summed E-state index contributed by atoms with van der Waals surface area (Å²) in [5.41, 5.74) is 0. The van der Waals surface area contributed by atoms with Crippen molar-refractivity contribution in [2.45, 2.75) is 232 Å². The summed E-state index contributed by atoms with van der Waals surface area (Å²) in [5.74, 6) is -0.672. The van der Waals surface area contributed by atoms with Crippen LogP contribution in [-0.4, -0.2) is 23.1 Å². The zero-order valence-electron chi connectivity index (χ0n) is 34.4. The molecule has 0 aliphatic rings. The number of carbonyl (C=O) groups excluding carboxylic acids is 1. The molecule has 0 heterocycles. The van der Waals surface area contributed by atoms with Crippen LogP contribution in [0.3, 0.4) is 0 Å². The molecule has 0 saturated heterocycles. The monoisotopic (exact) mass is 725 g/mol. The van der Waals surface area contributed by atoms with E-state index in [1.54, 1.807) is 0 Å². The molecule has 0 aromatic heterocycles. The molecule has 0 aromatic rings. The van der Waals surface area contributed by atoms with Crippen LogP contribution in [0.4, 0.5) is 0 Å². The van der Waals surface area contributed by atoms with Gasteiger partial charge in [0, 0.05) is 12.8 Å². The lowest BCUT2D eigenvalue weighted by molar-refractivity contribution is -0.150. The normalized spacial score (nSPS) is 12.8. The lowest BCUT2D eigenvalue weighted by atomic mass is 10.0. The van der Waals surface area contributed by atoms with E-state index in [9.17, 15) is 9.59 Å². The van der Waals surface area contributed by atoms with Gasteiger partial charge in [-0.05, 0) is 83.5 Å². The van der Waals surface area contributed by atoms with Crippen molar-refractivity contribution in [1.29, 1.82) is 0 Å². The van der Waals surface area contributed by atoms with E-state index in [-0.39, 0.29) is 12.1 Å². The van der Waals surface area contributed by atoms with Gasteiger partial charge in [-0.1, -0.05) is 190 Å². The van der Waals surface area contributed by atoms with Crippen LogP contribution >= 0.6 is 0 Å². The standard InChI is InChI=1S/C48H84O4/c1-3-5-7-9-11-13-15-16-17-18-19-20-21-22-23-24-25-27-33-37-41-45-48(51)52-46(42-38-34-30-26-14-12-10-8-6-4-2)43-39-35-31-28-29-32-36-40-44-47(49)50/h5,7,11,13,16-17,19-20,22-23,46H,3-4,6,8-10,12,14-15,18,21,24-45H2,1-2H3,(H,49,50)/b7-5-,13-11-,17-16-,20-19-,23-22-. The maximum absolute atomic E-state index is 12.8. The van der Waals surface area contributed by atoms with E-state index in [0.29, 0.717) is 12.8 Å². The Morgan fingerprint density at radius 1 is 0.442 bits per heavy atom. The molecule has 52 heavy (non-hydrogen) atoms. The molecule has 0 radical (unpaired) electrons. The molecule has 0 fully saturated rings. The fourth-order valence-corrected chi connectivity index (χ4v) is 6.51. The molecule has 0 aromatic carbocycles. The molecule has 0 amide bonds. The van der Waals surface area contributed by atoms with Gasteiger partial charge in [0.25, 0.3) is 0 Å². The molecule has 1 unspecified atom stereocenters. The topological polar surface area (TPSA) is 63.6 Å². The second kappa shape index (κ2) is 43.0. The predicted molar refractivity (Wildman–Crippen MR) is 227 cm³/mol. The van der Waals surface area contributed by atoms with E-state index in [0.717, 1.165) is 89.9 Å². The molecule has 4 heteroatoms. The summed E-state index contributed by atoms with van der Waals surface area (Å²) in [5, 5.41) is 8.77. The number of ether oxygens (including phenoxy) is 1. The zero-order chi connectivity index (χ0) is 37.8. The summed E-state index contributed by atoms with van der Waals surface area (Å²) in [6.45, 7) is 4.44. The first-order chi connectivity index (χ1) is 25.6. The quantitative estimate of drug-likeness (QED) is 0.0388. The number of carboxylic acid groups (broad SMARTS) is 1. The van der Waals surface area contributed by atoms with E-state index < -0.39 is 5.97 Å². The molecule has 0 bridgehead atoms. The Morgan fingerprint density at radius 2 is 0.808 bits per heavy atom. The minimum atomic E-state index is -0.683. The van der Waals surface area contributed by atoms with Crippen LogP contribution in [-0.2, 0) is 14.3 Å². The van der Waals surface area contributed by atoms with Gasteiger partial charge in [-0.15, -0.1) is 0 Å². The van der Waals surface area contributed by atoms with Crippen LogP contribution in [0.2, 0.25) is 0 Å². The highest BCUT2D eigenvalue weighted by molar-refractivity contribution is 5.69. The van der Waals surface area contributed by atoms with Gasteiger partial charge in [0.2, 0.25) is 0 Å². The number of esters is 1. The Bertz CT molecular complexity index is 911. The number of hydrogen-bond donors (Lipinski definition) is 1. The summed E-state index contributed by atoms with van der Waals surface area (Å²) in [6, 6.07) is 0. The summed E-state index contributed by atoms with van der Waals surface area (Å²) in [6.07, 6.45) is 59.7. The van der Waals surface area contributed by atoms with Crippen LogP contribution in [0.5, 0.6) is 0 Å². The Balaban J connectivity index is 4.08. The van der Waals surface area contributed by atoms with Crippen molar-refractivity contribution in [1.82, 2.24) is 0 Å². The third-order valence-electron chi connectivity index (χ3n) is 9.75. The van der Waals surface area contributed by atoms with Crippen molar-refractivity contribution in [3.05, 3.63) is 60.8 Å². The Hall–Kier alpha value is -2.36. The van der Waals surface area contributed by atoms with Gasteiger partial charge in [-0.3, -0.25) is 9.59 Å². The van der Waals surface area contributed by atoms with Gasteiger partial charge >= 0.3 is 11.9 Å². The van der Waals surface area contributed by atoms with Crippen molar-refractivity contribution in [3.8, 4) is 0 Å². The first kappa shape index (κ1) is 49.6. The average molecular weight is 725 g/mol. The van der Waals surface area contributed by atoms with Crippen molar-refractivity contribution < 1.29 is 19.4 Å². The SMILES string of the molecule is CC/C=C\C/C=C\C/C=C\C/C=C\C/C=C\CCCCCCCC(=O)OC(CCCCCCCCCCCC)CCCCCCCCCCC(=O)O. The zero-order valence-corrected chi connectivity index (χ0v) is 34.4. The highest BCUT2D eigenvalue weighted by atomic mass is 16.5. The van der Waals surface area contributed by atoms with Gasteiger partial charge < -0.3 is 9.84 Å². The second-order valence-corrected chi connectivity index (χ2v) is 14.9. The predicted octanol–water partition coefficient (Wildman–Crippen LogP) is 15.7. The van der Waals surface area contributed by atoms with E-state index in [1.807, 2.05) is 0 Å². The molecule has 0 saturated carbocycles. The minimum absolute atomic E-state index is 0.0113. The third kappa shape index (κ3) is 42.1. The van der Waals surface area contributed by atoms with E-state index in [2.05, 4.69) is 74.6 Å². The van der Waals surface area contributed by atoms with Crippen LogP contribution in [0.25, 0.3) is 0 Å². The molecule has 1 atom stereocenters. The van der Waals surface area contributed by atoms with Crippen LogP contribution in [0.15, 0.2) is 60.8 Å². The van der Waals surface area contributed by atoms with Crippen LogP contribution in [0, 0.1) is 0 Å². The fraction of sp³-hybridized carbons (Fsp3) is 0.750. The Morgan fingerprint density at radius 3 is 1.25 bits per heavy atom. The molecule has 0 aliphatic heterocycles. The summed E-state index contributed by atoms with van der Waals surface area (Å²) in [7, 11) is 0. The number of carbonyl (C=O) groups is 2. The van der Waals surface area contributed by atoms with Crippen molar-refractivity contribution in [3.63, 3.8) is 0 Å². The van der Waals surface area contributed by atoms with Crippen LogP contribution < -0.4 is 0 Å². The van der Waals surface area contributed by atoms with Gasteiger partial charge in [-0.25, -0.2) is 0 Å². The number of allylic oxidation sites excluding steroid dienone is 10. The Kier molecular flexibility index (Phi) is 41.1. The molecule has 0 aliphatic carbocycles. The minimum Gasteiger partial charge on any atom is -0.481 e. The highest BCUT2D eigenvalue weighted by Gasteiger charge is 2.14.